The average molecular weight is 459 g/mol. The van der Waals surface area contributed by atoms with Crippen molar-refractivity contribution in [1.29, 1.82) is 0 Å². The molecule has 3 aromatic heterocycles. The van der Waals surface area contributed by atoms with Crippen LogP contribution in [0.25, 0.3) is 5.69 Å². The van der Waals surface area contributed by atoms with Crippen LogP contribution in [0, 0.1) is 19.8 Å². The van der Waals surface area contributed by atoms with E-state index in [2.05, 4.69) is 45.3 Å². The number of hydrogen-bond donors (Lipinski definition) is 0. The molecule has 0 aromatic carbocycles. The Labute approximate surface area is 202 Å². The second-order valence-corrected chi connectivity index (χ2v) is 9.63. The molecular formula is C27H34N6O. The highest BCUT2D eigenvalue weighted by molar-refractivity contribution is 5.96. The first-order chi connectivity index (χ1) is 16.5. The Balaban J connectivity index is 1.29. The molecule has 0 bridgehead atoms. The van der Waals surface area contributed by atoms with Crippen LogP contribution in [0.1, 0.15) is 41.5 Å². The second kappa shape index (κ2) is 9.49. The highest BCUT2D eigenvalue weighted by Crippen LogP contribution is 2.25. The van der Waals surface area contributed by atoms with Crippen molar-refractivity contribution in [3.05, 3.63) is 65.7 Å². The number of nitrogens with zero attached hydrogens (tertiary/aromatic N) is 6. The highest BCUT2D eigenvalue weighted by Gasteiger charge is 2.26. The standard InChI is InChI=1S/C27H34N6O/c1-20-9-12-30(13-10-20)26-8-7-23(19-29-26)33-21(2)18-24(22(33)3)27(34)32-16-14-31(15-17-32)25-6-4-5-11-28-25/h4-8,11,18-20H,9-10,12-17H2,1-3H3. The molecule has 1 amide bonds. The van der Waals surface area contributed by atoms with Gasteiger partial charge >= 0.3 is 0 Å². The van der Waals surface area contributed by atoms with Crippen molar-refractivity contribution in [2.45, 2.75) is 33.6 Å². The number of hydrogen-bond acceptors (Lipinski definition) is 5. The van der Waals surface area contributed by atoms with Crippen LogP contribution in [0.3, 0.4) is 0 Å². The van der Waals surface area contributed by atoms with Gasteiger partial charge in [-0.25, -0.2) is 9.97 Å². The zero-order valence-electron chi connectivity index (χ0n) is 20.4. The lowest BCUT2D eigenvalue weighted by Gasteiger charge is -2.35. The van der Waals surface area contributed by atoms with E-state index in [4.69, 9.17) is 4.98 Å². The average Bonchev–Trinajstić information content (AvgIpc) is 3.18. The van der Waals surface area contributed by atoms with Gasteiger partial charge in [-0.05, 0) is 62.9 Å². The van der Waals surface area contributed by atoms with Crippen LogP contribution in [0.2, 0.25) is 0 Å². The summed E-state index contributed by atoms with van der Waals surface area (Å²) in [5, 5.41) is 0. The minimum atomic E-state index is 0.104. The van der Waals surface area contributed by atoms with Crippen molar-refractivity contribution in [2.24, 2.45) is 5.92 Å². The molecule has 5 rings (SSSR count). The highest BCUT2D eigenvalue weighted by atomic mass is 16.2. The van der Waals surface area contributed by atoms with E-state index >= 15 is 0 Å². The Morgan fingerprint density at radius 3 is 2.24 bits per heavy atom. The van der Waals surface area contributed by atoms with Gasteiger partial charge in [-0.3, -0.25) is 4.79 Å². The van der Waals surface area contributed by atoms with Gasteiger partial charge in [0.25, 0.3) is 5.91 Å². The van der Waals surface area contributed by atoms with Gasteiger partial charge in [0.1, 0.15) is 11.6 Å². The van der Waals surface area contributed by atoms with Crippen LogP contribution in [0.15, 0.2) is 48.8 Å². The molecule has 2 saturated heterocycles. The predicted molar refractivity (Wildman–Crippen MR) is 136 cm³/mol. The molecule has 3 aromatic rings. The first-order valence-electron chi connectivity index (χ1n) is 12.4. The number of aryl methyl sites for hydroxylation is 1. The van der Waals surface area contributed by atoms with Crippen LogP contribution in [-0.4, -0.2) is 64.6 Å². The summed E-state index contributed by atoms with van der Waals surface area (Å²) in [6.07, 6.45) is 6.20. The molecule has 2 aliphatic heterocycles. The maximum atomic E-state index is 13.4. The number of pyridine rings is 2. The van der Waals surface area contributed by atoms with E-state index in [1.54, 1.807) is 0 Å². The molecule has 0 atom stereocenters. The van der Waals surface area contributed by atoms with Crippen LogP contribution >= 0.6 is 0 Å². The first kappa shape index (κ1) is 22.4. The molecule has 5 heterocycles. The molecule has 7 nitrogen and oxygen atoms in total. The molecular weight excluding hydrogens is 424 g/mol. The van der Waals surface area contributed by atoms with Crippen molar-refractivity contribution in [1.82, 2.24) is 19.4 Å². The summed E-state index contributed by atoms with van der Waals surface area (Å²) in [4.78, 5) is 29.2. The van der Waals surface area contributed by atoms with Crippen LogP contribution in [0.4, 0.5) is 11.6 Å². The molecule has 178 valence electrons. The van der Waals surface area contributed by atoms with Crippen molar-refractivity contribution in [3.63, 3.8) is 0 Å². The zero-order valence-corrected chi connectivity index (χ0v) is 20.4. The van der Waals surface area contributed by atoms with Gasteiger partial charge in [0.05, 0.1) is 17.4 Å². The molecule has 7 heteroatoms. The topological polar surface area (TPSA) is 57.5 Å². The number of piperazine rings is 1. The Morgan fingerprint density at radius 2 is 1.59 bits per heavy atom. The van der Waals surface area contributed by atoms with Crippen LogP contribution in [0.5, 0.6) is 0 Å². The summed E-state index contributed by atoms with van der Waals surface area (Å²) in [5.74, 6) is 2.92. The van der Waals surface area contributed by atoms with Crippen molar-refractivity contribution < 1.29 is 4.79 Å². The SMILES string of the molecule is Cc1cc(C(=O)N2CCN(c3ccccn3)CC2)c(C)n1-c1ccc(N2CCC(C)CC2)nc1. The summed E-state index contributed by atoms with van der Waals surface area (Å²) in [7, 11) is 0. The molecule has 34 heavy (non-hydrogen) atoms. The van der Waals surface area contributed by atoms with E-state index in [0.717, 1.165) is 66.4 Å². The van der Waals surface area contributed by atoms with Gasteiger partial charge in [-0.15, -0.1) is 0 Å². The Bertz CT molecular complexity index is 1120. The third-order valence-corrected chi connectivity index (χ3v) is 7.30. The van der Waals surface area contributed by atoms with E-state index in [1.807, 2.05) is 48.5 Å². The Hall–Kier alpha value is -3.35. The Morgan fingerprint density at radius 1 is 0.882 bits per heavy atom. The maximum absolute atomic E-state index is 13.4. The lowest BCUT2D eigenvalue weighted by atomic mass is 9.99. The monoisotopic (exact) mass is 458 g/mol. The molecule has 0 spiro atoms. The van der Waals surface area contributed by atoms with E-state index in [-0.39, 0.29) is 5.91 Å². The molecule has 0 unspecified atom stereocenters. The summed E-state index contributed by atoms with van der Waals surface area (Å²) >= 11 is 0. The largest absolute Gasteiger partial charge is 0.357 e. The minimum Gasteiger partial charge on any atom is -0.357 e. The third-order valence-electron chi connectivity index (χ3n) is 7.30. The predicted octanol–water partition coefficient (Wildman–Crippen LogP) is 4.08. The number of aromatic nitrogens is 3. The number of anilines is 2. The zero-order chi connectivity index (χ0) is 23.7. The van der Waals surface area contributed by atoms with E-state index in [1.165, 1.54) is 12.8 Å². The number of rotatable bonds is 4. The van der Waals surface area contributed by atoms with Crippen molar-refractivity contribution >= 4 is 17.5 Å². The summed E-state index contributed by atoms with van der Waals surface area (Å²) in [5.41, 5.74) is 3.80. The lowest BCUT2D eigenvalue weighted by molar-refractivity contribution is 0.0746. The molecule has 0 N–H and O–H groups in total. The Kier molecular flexibility index (Phi) is 6.26. The van der Waals surface area contributed by atoms with E-state index < -0.39 is 0 Å². The maximum Gasteiger partial charge on any atom is 0.255 e. The van der Waals surface area contributed by atoms with Gasteiger partial charge in [0, 0.05) is 56.9 Å². The second-order valence-electron chi connectivity index (χ2n) is 9.63. The summed E-state index contributed by atoms with van der Waals surface area (Å²) in [6, 6.07) is 12.2. The van der Waals surface area contributed by atoms with Crippen LogP contribution < -0.4 is 9.80 Å². The molecule has 2 aliphatic rings. The number of piperidine rings is 1. The minimum absolute atomic E-state index is 0.104. The van der Waals surface area contributed by atoms with E-state index in [9.17, 15) is 4.79 Å². The first-order valence-corrected chi connectivity index (χ1v) is 12.4. The number of carbonyl (C=O) groups excluding carboxylic acids is 1. The summed E-state index contributed by atoms with van der Waals surface area (Å²) in [6.45, 7) is 11.5. The van der Waals surface area contributed by atoms with Gasteiger partial charge in [-0.2, -0.15) is 0 Å². The molecule has 0 saturated carbocycles. The summed E-state index contributed by atoms with van der Waals surface area (Å²) < 4.78 is 2.15. The van der Waals surface area contributed by atoms with Crippen molar-refractivity contribution in [3.8, 4) is 5.69 Å². The quantitative estimate of drug-likeness (QED) is 0.590. The van der Waals surface area contributed by atoms with Gasteiger partial charge < -0.3 is 19.3 Å². The number of amides is 1. The fourth-order valence-electron chi connectivity index (χ4n) is 5.16. The smallest absolute Gasteiger partial charge is 0.255 e. The third kappa shape index (κ3) is 4.39. The fourth-order valence-corrected chi connectivity index (χ4v) is 5.16. The van der Waals surface area contributed by atoms with Crippen molar-refractivity contribution in [2.75, 3.05) is 49.1 Å². The number of carbonyl (C=O) groups is 1. The van der Waals surface area contributed by atoms with Gasteiger partial charge in [-0.1, -0.05) is 13.0 Å². The lowest BCUT2D eigenvalue weighted by Crippen LogP contribution is -2.49. The fraction of sp³-hybridized carbons (Fsp3) is 0.444. The normalized spacial score (nSPS) is 17.3. The van der Waals surface area contributed by atoms with Gasteiger partial charge in [0.15, 0.2) is 0 Å². The van der Waals surface area contributed by atoms with Crippen LogP contribution in [-0.2, 0) is 0 Å². The molecule has 2 fully saturated rings. The van der Waals surface area contributed by atoms with Gasteiger partial charge in [0.2, 0.25) is 0 Å². The molecule has 0 radical (unpaired) electrons. The van der Waals surface area contributed by atoms with E-state index in [0.29, 0.717) is 13.1 Å². The molecule has 0 aliphatic carbocycles.